The zero-order valence-corrected chi connectivity index (χ0v) is 19.3. The van der Waals surface area contributed by atoms with Gasteiger partial charge in [-0.05, 0) is 55.3 Å². The fraction of sp³-hybridized carbons (Fsp3) is 0.400. The van der Waals surface area contributed by atoms with Crippen LogP contribution in [0.2, 0.25) is 0 Å². The average molecular weight is 443 g/mol. The van der Waals surface area contributed by atoms with Crippen LogP contribution in [0, 0.1) is 5.82 Å². The second kappa shape index (κ2) is 10.5. The molecule has 2 aromatic rings. The van der Waals surface area contributed by atoms with Crippen molar-refractivity contribution < 1.29 is 23.4 Å². The highest BCUT2D eigenvalue weighted by Crippen LogP contribution is 2.38. The van der Waals surface area contributed by atoms with Gasteiger partial charge in [0.25, 0.3) is 0 Å². The number of rotatable bonds is 7. The van der Waals surface area contributed by atoms with Gasteiger partial charge in [-0.1, -0.05) is 12.1 Å². The number of piperazine rings is 1. The highest BCUT2D eigenvalue weighted by Gasteiger charge is 2.31. The van der Waals surface area contributed by atoms with Crippen molar-refractivity contribution in [3.63, 3.8) is 0 Å². The van der Waals surface area contributed by atoms with Crippen molar-refractivity contribution in [3.8, 4) is 17.2 Å². The molecule has 1 fully saturated rings. The fourth-order valence-corrected chi connectivity index (χ4v) is 4.01. The first-order chi connectivity index (χ1) is 15.4. The first kappa shape index (κ1) is 23.6. The summed E-state index contributed by atoms with van der Waals surface area (Å²) in [5.74, 6) is 1.31. The number of carbonyl (C=O) groups excluding carboxylic acids is 1. The Balaban J connectivity index is 1.68. The van der Waals surface area contributed by atoms with Gasteiger partial charge in [0.1, 0.15) is 5.82 Å². The number of benzene rings is 2. The van der Waals surface area contributed by atoms with Crippen LogP contribution < -0.4 is 14.2 Å². The molecular weight excluding hydrogens is 411 g/mol. The molecule has 1 amide bonds. The maximum atomic E-state index is 13.2. The summed E-state index contributed by atoms with van der Waals surface area (Å²) >= 11 is 0. The van der Waals surface area contributed by atoms with Gasteiger partial charge in [0.2, 0.25) is 11.7 Å². The summed E-state index contributed by atoms with van der Waals surface area (Å²) in [4.78, 5) is 17.2. The third kappa shape index (κ3) is 5.40. The number of halogens is 1. The molecule has 3 rings (SSSR count). The van der Waals surface area contributed by atoms with Gasteiger partial charge in [0.05, 0.1) is 21.3 Å². The fourth-order valence-electron chi connectivity index (χ4n) is 4.01. The van der Waals surface area contributed by atoms with E-state index in [0.29, 0.717) is 23.8 Å². The predicted octanol–water partition coefficient (Wildman–Crippen LogP) is 3.99. The second-order valence-corrected chi connectivity index (χ2v) is 8.04. The molecule has 1 heterocycles. The molecular formula is C25H31FN2O4. The molecule has 32 heavy (non-hydrogen) atoms. The number of methoxy groups -OCH3 is 3. The van der Waals surface area contributed by atoms with Crippen molar-refractivity contribution >= 4 is 12.0 Å². The van der Waals surface area contributed by atoms with Crippen LogP contribution in [0.3, 0.4) is 0 Å². The van der Waals surface area contributed by atoms with Crippen LogP contribution >= 0.6 is 0 Å². The predicted molar refractivity (Wildman–Crippen MR) is 123 cm³/mol. The van der Waals surface area contributed by atoms with Gasteiger partial charge >= 0.3 is 0 Å². The summed E-state index contributed by atoms with van der Waals surface area (Å²) in [5.41, 5.74) is 1.84. The van der Waals surface area contributed by atoms with Crippen LogP contribution in [0.15, 0.2) is 42.5 Å². The minimum atomic E-state index is -0.232. The molecule has 1 aliphatic rings. The van der Waals surface area contributed by atoms with E-state index in [1.54, 1.807) is 45.6 Å². The Morgan fingerprint density at radius 1 is 1.00 bits per heavy atom. The molecule has 0 spiro atoms. The molecule has 1 saturated heterocycles. The van der Waals surface area contributed by atoms with Gasteiger partial charge in [0.15, 0.2) is 11.5 Å². The molecule has 0 aliphatic carbocycles. The first-order valence-electron chi connectivity index (χ1n) is 10.6. The maximum absolute atomic E-state index is 13.2. The third-order valence-corrected chi connectivity index (χ3v) is 5.80. The Hall–Kier alpha value is -3.06. The highest BCUT2D eigenvalue weighted by atomic mass is 19.1. The van der Waals surface area contributed by atoms with E-state index in [9.17, 15) is 9.18 Å². The molecule has 2 atom stereocenters. The largest absolute Gasteiger partial charge is 0.493 e. The summed E-state index contributed by atoms with van der Waals surface area (Å²) in [6, 6.07) is 10.4. The van der Waals surface area contributed by atoms with E-state index in [1.165, 1.54) is 12.1 Å². The van der Waals surface area contributed by atoms with Crippen molar-refractivity contribution in [1.29, 1.82) is 0 Å². The number of carbonyl (C=O) groups is 1. The van der Waals surface area contributed by atoms with Gasteiger partial charge in [-0.2, -0.15) is 0 Å². The van der Waals surface area contributed by atoms with Crippen LogP contribution in [0.25, 0.3) is 6.08 Å². The Kier molecular flexibility index (Phi) is 7.75. The van der Waals surface area contributed by atoms with Crippen LogP contribution in [0.5, 0.6) is 17.2 Å². The van der Waals surface area contributed by atoms with E-state index < -0.39 is 0 Å². The molecule has 1 aliphatic heterocycles. The standard InChI is InChI=1S/C25H31FN2O4/c1-17-15-28(18(2)14-27(17)16-19-6-9-21(26)10-7-19)24(29)11-8-20-12-22(30-3)25(32-5)23(13-20)31-4/h6-13,17-18H,14-16H2,1-5H3. The number of hydrogen-bond donors (Lipinski definition) is 0. The summed E-state index contributed by atoms with van der Waals surface area (Å²) in [6.07, 6.45) is 3.34. The maximum Gasteiger partial charge on any atom is 0.246 e. The number of nitrogens with zero attached hydrogens (tertiary/aromatic N) is 2. The van der Waals surface area contributed by atoms with E-state index in [1.807, 2.05) is 17.0 Å². The van der Waals surface area contributed by atoms with Crippen molar-refractivity contribution in [2.75, 3.05) is 34.4 Å². The lowest BCUT2D eigenvalue weighted by Gasteiger charge is -2.44. The molecule has 0 bridgehead atoms. The molecule has 6 nitrogen and oxygen atoms in total. The number of ether oxygens (including phenoxy) is 3. The highest BCUT2D eigenvalue weighted by molar-refractivity contribution is 5.92. The van der Waals surface area contributed by atoms with Gasteiger partial charge in [-0.25, -0.2) is 4.39 Å². The lowest BCUT2D eigenvalue weighted by Crippen LogP contribution is -2.57. The monoisotopic (exact) mass is 442 g/mol. The number of hydrogen-bond acceptors (Lipinski definition) is 5. The Bertz CT molecular complexity index is 936. The van der Waals surface area contributed by atoms with Gasteiger partial charge in [0, 0.05) is 37.8 Å². The smallest absolute Gasteiger partial charge is 0.246 e. The van der Waals surface area contributed by atoms with Crippen molar-refractivity contribution in [1.82, 2.24) is 9.80 Å². The lowest BCUT2D eigenvalue weighted by molar-refractivity contribution is -0.131. The minimum Gasteiger partial charge on any atom is -0.493 e. The number of amides is 1. The van der Waals surface area contributed by atoms with Crippen LogP contribution in [0.4, 0.5) is 4.39 Å². The van der Waals surface area contributed by atoms with E-state index >= 15 is 0 Å². The molecule has 2 aromatic carbocycles. The zero-order chi connectivity index (χ0) is 23.3. The molecule has 2 unspecified atom stereocenters. The van der Waals surface area contributed by atoms with Crippen LogP contribution in [0.1, 0.15) is 25.0 Å². The topological polar surface area (TPSA) is 51.2 Å². The SMILES string of the molecule is COc1cc(C=CC(=O)N2CC(C)N(Cc3ccc(F)cc3)CC2C)cc(OC)c1OC. The van der Waals surface area contributed by atoms with Crippen molar-refractivity contribution in [2.24, 2.45) is 0 Å². The van der Waals surface area contributed by atoms with Crippen LogP contribution in [-0.4, -0.2) is 62.2 Å². The quantitative estimate of drug-likeness (QED) is 0.607. The molecule has 7 heteroatoms. The summed E-state index contributed by atoms with van der Waals surface area (Å²) in [7, 11) is 4.67. The Morgan fingerprint density at radius 2 is 1.62 bits per heavy atom. The zero-order valence-electron chi connectivity index (χ0n) is 19.3. The molecule has 0 aromatic heterocycles. The molecule has 0 N–H and O–H groups in total. The van der Waals surface area contributed by atoms with E-state index in [4.69, 9.17) is 14.2 Å². The van der Waals surface area contributed by atoms with Gasteiger partial charge < -0.3 is 19.1 Å². The van der Waals surface area contributed by atoms with Crippen molar-refractivity contribution in [2.45, 2.75) is 32.5 Å². The van der Waals surface area contributed by atoms with E-state index in [-0.39, 0.29) is 23.8 Å². The summed E-state index contributed by atoms with van der Waals surface area (Å²) in [6.45, 7) is 6.27. The Labute approximate surface area is 189 Å². The molecule has 172 valence electrons. The lowest BCUT2D eigenvalue weighted by atomic mass is 10.1. The van der Waals surface area contributed by atoms with E-state index in [2.05, 4.69) is 18.7 Å². The summed E-state index contributed by atoms with van der Waals surface area (Å²) in [5, 5.41) is 0. The van der Waals surface area contributed by atoms with Crippen LogP contribution in [-0.2, 0) is 11.3 Å². The third-order valence-electron chi connectivity index (χ3n) is 5.80. The van der Waals surface area contributed by atoms with E-state index in [0.717, 1.165) is 24.2 Å². The van der Waals surface area contributed by atoms with Crippen molar-refractivity contribution in [3.05, 3.63) is 59.4 Å². The normalized spacial score (nSPS) is 19.2. The average Bonchev–Trinajstić information content (AvgIpc) is 2.80. The summed E-state index contributed by atoms with van der Waals surface area (Å²) < 4.78 is 29.3. The molecule has 0 saturated carbocycles. The minimum absolute atomic E-state index is 0.0421. The van der Waals surface area contributed by atoms with Gasteiger partial charge in [-0.3, -0.25) is 9.69 Å². The molecule has 0 radical (unpaired) electrons. The first-order valence-corrected chi connectivity index (χ1v) is 10.6. The Morgan fingerprint density at radius 3 is 2.19 bits per heavy atom. The second-order valence-electron chi connectivity index (χ2n) is 8.04. The van der Waals surface area contributed by atoms with Gasteiger partial charge in [-0.15, -0.1) is 0 Å².